The largest absolute Gasteiger partial charge is 0.356 e. The first-order valence-corrected chi connectivity index (χ1v) is 6.66. The summed E-state index contributed by atoms with van der Waals surface area (Å²) < 4.78 is 0. The lowest BCUT2D eigenvalue weighted by molar-refractivity contribution is 0.249. The van der Waals surface area contributed by atoms with Crippen LogP contribution in [-0.4, -0.2) is 43.1 Å². The number of pyridine rings is 1. The highest BCUT2D eigenvalue weighted by atomic mass is 35.5. The van der Waals surface area contributed by atoms with Crippen molar-refractivity contribution in [1.29, 1.82) is 0 Å². The maximum absolute atomic E-state index is 5.85. The number of aromatic nitrogens is 1. The minimum Gasteiger partial charge on any atom is -0.356 e. The molecule has 17 heavy (non-hydrogen) atoms. The van der Waals surface area contributed by atoms with E-state index in [2.05, 4.69) is 34.9 Å². The average Bonchev–Trinajstić information content (AvgIpc) is 2.39. The van der Waals surface area contributed by atoms with Gasteiger partial charge in [-0.25, -0.2) is 4.98 Å². The minimum atomic E-state index is 0.559. The predicted octanol–water partition coefficient (Wildman–Crippen LogP) is 2.35. The molecule has 2 rings (SSSR count). The zero-order valence-corrected chi connectivity index (χ0v) is 11.3. The highest BCUT2D eigenvalue weighted by Gasteiger charge is 2.21. The molecule has 0 aliphatic carbocycles. The molecule has 1 aliphatic rings. The van der Waals surface area contributed by atoms with Crippen LogP contribution in [-0.2, 0) is 5.88 Å². The first-order valence-electron chi connectivity index (χ1n) is 6.13. The van der Waals surface area contributed by atoms with Crippen LogP contribution in [0.1, 0.15) is 18.4 Å². The molecule has 2 heterocycles. The molecule has 1 aromatic rings. The molecule has 1 aliphatic heterocycles. The SMILES string of the molecule is CN(C)C1CCN(c2cc(CCl)ccn2)CC1. The van der Waals surface area contributed by atoms with Crippen LogP contribution in [0.5, 0.6) is 0 Å². The van der Waals surface area contributed by atoms with Gasteiger partial charge in [0, 0.05) is 31.2 Å². The number of alkyl halides is 1. The minimum absolute atomic E-state index is 0.559. The number of rotatable bonds is 3. The maximum Gasteiger partial charge on any atom is 0.128 e. The number of hydrogen-bond donors (Lipinski definition) is 0. The van der Waals surface area contributed by atoms with E-state index in [9.17, 15) is 0 Å². The van der Waals surface area contributed by atoms with Gasteiger partial charge in [-0.2, -0.15) is 0 Å². The Balaban J connectivity index is 2.00. The molecule has 1 aromatic heterocycles. The van der Waals surface area contributed by atoms with Gasteiger partial charge in [0.25, 0.3) is 0 Å². The van der Waals surface area contributed by atoms with E-state index in [-0.39, 0.29) is 0 Å². The van der Waals surface area contributed by atoms with Crippen molar-refractivity contribution in [2.24, 2.45) is 0 Å². The summed E-state index contributed by atoms with van der Waals surface area (Å²) in [6, 6.07) is 4.79. The standard InChI is InChI=1S/C13H20ClN3/c1-16(2)12-4-7-17(8-5-12)13-9-11(10-14)3-6-15-13/h3,6,9,12H,4-5,7-8,10H2,1-2H3. The van der Waals surface area contributed by atoms with E-state index in [4.69, 9.17) is 11.6 Å². The molecular weight excluding hydrogens is 234 g/mol. The Labute approximate surface area is 108 Å². The fourth-order valence-corrected chi connectivity index (χ4v) is 2.49. The van der Waals surface area contributed by atoms with Crippen LogP contribution in [0.2, 0.25) is 0 Å². The summed E-state index contributed by atoms with van der Waals surface area (Å²) in [5.41, 5.74) is 1.14. The molecular formula is C13H20ClN3. The van der Waals surface area contributed by atoms with Crippen LogP contribution >= 0.6 is 11.6 Å². The molecule has 3 nitrogen and oxygen atoms in total. The van der Waals surface area contributed by atoms with Gasteiger partial charge in [-0.1, -0.05) is 0 Å². The van der Waals surface area contributed by atoms with E-state index in [1.807, 2.05) is 12.3 Å². The van der Waals surface area contributed by atoms with Gasteiger partial charge in [0.05, 0.1) is 0 Å². The van der Waals surface area contributed by atoms with Crippen LogP contribution in [0.15, 0.2) is 18.3 Å². The summed E-state index contributed by atoms with van der Waals surface area (Å²) in [5, 5.41) is 0. The molecule has 1 fully saturated rings. The highest BCUT2D eigenvalue weighted by Crippen LogP contribution is 2.21. The van der Waals surface area contributed by atoms with Crippen LogP contribution in [0.3, 0.4) is 0 Å². The molecule has 0 saturated carbocycles. The molecule has 0 spiro atoms. The fraction of sp³-hybridized carbons (Fsp3) is 0.615. The molecule has 0 unspecified atom stereocenters. The number of piperidine rings is 1. The van der Waals surface area contributed by atoms with Crippen LogP contribution in [0.25, 0.3) is 0 Å². The summed E-state index contributed by atoms with van der Waals surface area (Å²) in [5.74, 6) is 1.63. The lowest BCUT2D eigenvalue weighted by Gasteiger charge is -2.35. The molecule has 0 N–H and O–H groups in total. The van der Waals surface area contributed by atoms with Crippen LogP contribution in [0, 0.1) is 0 Å². The fourth-order valence-electron chi connectivity index (χ4n) is 2.33. The van der Waals surface area contributed by atoms with Gasteiger partial charge in [-0.05, 0) is 44.6 Å². The molecule has 0 radical (unpaired) electrons. The zero-order valence-electron chi connectivity index (χ0n) is 10.6. The number of halogens is 1. The van der Waals surface area contributed by atoms with Gasteiger partial charge >= 0.3 is 0 Å². The summed E-state index contributed by atoms with van der Waals surface area (Å²) in [6.07, 6.45) is 4.27. The molecule has 4 heteroatoms. The smallest absolute Gasteiger partial charge is 0.128 e. The van der Waals surface area contributed by atoms with Gasteiger partial charge in [-0.15, -0.1) is 11.6 Å². The second-order valence-electron chi connectivity index (χ2n) is 4.84. The Morgan fingerprint density at radius 2 is 2.12 bits per heavy atom. The second kappa shape index (κ2) is 5.69. The van der Waals surface area contributed by atoms with Crippen molar-refractivity contribution in [3.63, 3.8) is 0 Å². The van der Waals surface area contributed by atoms with Crippen molar-refractivity contribution in [1.82, 2.24) is 9.88 Å². The predicted molar refractivity (Wildman–Crippen MR) is 72.7 cm³/mol. The van der Waals surface area contributed by atoms with Crippen molar-refractivity contribution in [3.05, 3.63) is 23.9 Å². The molecule has 1 saturated heterocycles. The maximum atomic E-state index is 5.85. The summed E-state index contributed by atoms with van der Waals surface area (Å²) in [4.78, 5) is 9.11. The van der Waals surface area contributed by atoms with E-state index in [1.165, 1.54) is 12.8 Å². The van der Waals surface area contributed by atoms with Crippen molar-refractivity contribution in [3.8, 4) is 0 Å². The zero-order chi connectivity index (χ0) is 12.3. The third-order valence-electron chi connectivity index (χ3n) is 3.48. The van der Waals surface area contributed by atoms with E-state index in [0.29, 0.717) is 11.9 Å². The number of anilines is 1. The molecule has 0 atom stereocenters. The van der Waals surface area contributed by atoms with E-state index < -0.39 is 0 Å². The van der Waals surface area contributed by atoms with Gasteiger partial charge in [0.2, 0.25) is 0 Å². The molecule has 0 amide bonds. The van der Waals surface area contributed by atoms with E-state index in [0.717, 1.165) is 24.5 Å². The van der Waals surface area contributed by atoms with Crippen molar-refractivity contribution >= 4 is 17.4 Å². The van der Waals surface area contributed by atoms with Crippen LogP contribution < -0.4 is 4.90 Å². The monoisotopic (exact) mass is 253 g/mol. The van der Waals surface area contributed by atoms with Gasteiger partial charge in [-0.3, -0.25) is 0 Å². The average molecular weight is 254 g/mol. The Morgan fingerprint density at radius 3 is 2.71 bits per heavy atom. The Bertz CT molecular complexity index is 359. The first kappa shape index (κ1) is 12.7. The van der Waals surface area contributed by atoms with E-state index in [1.54, 1.807) is 0 Å². The molecule has 0 bridgehead atoms. The molecule has 94 valence electrons. The lowest BCUT2D eigenvalue weighted by atomic mass is 10.0. The van der Waals surface area contributed by atoms with E-state index >= 15 is 0 Å². The summed E-state index contributed by atoms with van der Waals surface area (Å²) >= 11 is 5.85. The topological polar surface area (TPSA) is 19.4 Å². The lowest BCUT2D eigenvalue weighted by Crippen LogP contribution is -2.42. The summed E-state index contributed by atoms with van der Waals surface area (Å²) in [6.45, 7) is 2.17. The van der Waals surface area contributed by atoms with Crippen molar-refractivity contribution in [2.45, 2.75) is 24.8 Å². The first-order chi connectivity index (χ1) is 8.20. The summed E-state index contributed by atoms with van der Waals surface area (Å²) in [7, 11) is 4.32. The quantitative estimate of drug-likeness (QED) is 0.771. The van der Waals surface area contributed by atoms with Gasteiger partial charge in [0.15, 0.2) is 0 Å². The van der Waals surface area contributed by atoms with Crippen molar-refractivity contribution < 1.29 is 0 Å². The normalized spacial score (nSPS) is 17.8. The molecule has 0 aromatic carbocycles. The number of hydrogen-bond acceptors (Lipinski definition) is 3. The van der Waals surface area contributed by atoms with Gasteiger partial charge < -0.3 is 9.80 Å². The van der Waals surface area contributed by atoms with Gasteiger partial charge in [0.1, 0.15) is 5.82 Å². The Hall–Kier alpha value is -0.800. The number of nitrogens with zero attached hydrogens (tertiary/aromatic N) is 3. The highest BCUT2D eigenvalue weighted by molar-refractivity contribution is 6.17. The second-order valence-corrected chi connectivity index (χ2v) is 5.11. The Morgan fingerprint density at radius 1 is 1.41 bits per heavy atom. The third-order valence-corrected chi connectivity index (χ3v) is 3.79. The Kier molecular flexibility index (Phi) is 4.24. The van der Waals surface area contributed by atoms with Crippen LogP contribution in [0.4, 0.5) is 5.82 Å². The third kappa shape index (κ3) is 3.11. The van der Waals surface area contributed by atoms with Crippen molar-refractivity contribution in [2.75, 3.05) is 32.1 Å².